The largest absolute Gasteiger partial charge is 0.486 e. The standard InChI is InChI=1S/C16H20N2O2/c1-2-4-11(5-3-1)8-16-17-12-9-14-15(10-13(12)18-16)20-7-6-19-14/h9-11H,1-8H2,(H,17,18). The lowest BCUT2D eigenvalue weighted by Crippen LogP contribution is -2.15. The van der Waals surface area contributed by atoms with Gasteiger partial charge in [-0.1, -0.05) is 32.1 Å². The summed E-state index contributed by atoms with van der Waals surface area (Å²) in [6, 6.07) is 4.01. The van der Waals surface area contributed by atoms with Crippen LogP contribution in [0.15, 0.2) is 12.1 Å². The van der Waals surface area contributed by atoms with E-state index in [0.717, 1.165) is 40.7 Å². The van der Waals surface area contributed by atoms with E-state index in [1.54, 1.807) is 0 Å². The SMILES string of the molecule is c1c2c(cc3[nH]c(CC4CCCCC4)nc13)OCCO2. The number of hydrogen-bond donors (Lipinski definition) is 1. The fraction of sp³-hybridized carbons (Fsp3) is 0.562. The van der Waals surface area contributed by atoms with E-state index in [0.29, 0.717) is 13.2 Å². The molecule has 0 radical (unpaired) electrons. The van der Waals surface area contributed by atoms with Gasteiger partial charge in [0.25, 0.3) is 0 Å². The van der Waals surface area contributed by atoms with Crippen LogP contribution < -0.4 is 9.47 Å². The van der Waals surface area contributed by atoms with Crippen molar-refractivity contribution >= 4 is 11.0 Å². The number of nitrogens with one attached hydrogen (secondary N) is 1. The molecule has 1 saturated carbocycles. The maximum Gasteiger partial charge on any atom is 0.163 e. The lowest BCUT2D eigenvalue weighted by molar-refractivity contribution is 0.172. The van der Waals surface area contributed by atoms with E-state index < -0.39 is 0 Å². The van der Waals surface area contributed by atoms with Crippen molar-refractivity contribution < 1.29 is 9.47 Å². The van der Waals surface area contributed by atoms with Crippen LogP contribution in [0.1, 0.15) is 37.9 Å². The summed E-state index contributed by atoms with van der Waals surface area (Å²) in [5.41, 5.74) is 2.04. The predicted octanol–water partition coefficient (Wildman–Crippen LogP) is 3.46. The van der Waals surface area contributed by atoms with Crippen LogP contribution in [0.25, 0.3) is 11.0 Å². The summed E-state index contributed by atoms with van der Waals surface area (Å²) < 4.78 is 11.2. The Morgan fingerprint density at radius 2 is 1.80 bits per heavy atom. The van der Waals surface area contributed by atoms with Gasteiger partial charge in [0.1, 0.15) is 19.0 Å². The number of benzene rings is 1. The van der Waals surface area contributed by atoms with Crippen molar-refractivity contribution in [3.63, 3.8) is 0 Å². The summed E-state index contributed by atoms with van der Waals surface area (Å²) in [6.45, 7) is 1.25. The second-order valence-electron chi connectivity index (χ2n) is 5.90. The first-order valence-electron chi connectivity index (χ1n) is 7.67. The fourth-order valence-electron chi connectivity index (χ4n) is 3.36. The van der Waals surface area contributed by atoms with Crippen LogP contribution >= 0.6 is 0 Å². The minimum atomic E-state index is 0.623. The Morgan fingerprint density at radius 3 is 2.60 bits per heavy atom. The highest BCUT2D eigenvalue weighted by Crippen LogP contribution is 2.34. The van der Waals surface area contributed by atoms with Gasteiger partial charge in [-0.2, -0.15) is 0 Å². The summed E-state index contributed by atoms with van der Waals surface area (Å²) in [6.07, 6.45) is 7.92. The zero-order valence-corrected chi connectivity index (χ0v) is 11.7. The van der Waals surface area contributed by atoms with Gasteiger partial charge in [0, 0.05) is 18.6 Å². The van der Waals surface area contributed by atoms with Gasteiger partial charge in [0.05, 0.1) is 11.0 Å². The van der Waals surface area contributed by atoms with Gasteiger partial charge in [-0.15, -0.1) is 0 Å². The molecule has 0 amide bonds. The van der Waals surface area contributed by atoms with Crippen molar-refractivity contribution in [3.8, 4) is 11.5 Å². The van der Waals surface area contributed by atoms with Gasteiger partial charge in [-0.25, -0.2) is 4.98 Å². The molecule has 106 valence electrons. The highest BCUT2D eigenvalue weighted by atomic mass is 16.6. The molecule has 1 aliphatic carbocycles. The summed E-state index contributed by atoms with van der Waals surface area (Å²) in [5, 5.41) is 0. The third-order valence-corrected chi connectivity index (χ3v) is 4.40. The first-order chi connectivity index (χ1) is 9.88. The quantitative estimate of drug-likeness (QED) is 0.910. The summed E-state index contributed by atoms with van der Waals surface area (Å²) in [4.78, 5) is 8.17. The predicted molar refractivity (Wildman–Crippen MR) is 77.4 cm³/mol. The number of H-pyrrole nitrogens is 1. The maximum atomic E-state index is 5.62. The van der Waals surface area contributed by atoms with E-state index in [-0.39, 0.29) is 0 Å². The Morgan fingerprint density at radius 1 is 1.05 bits per heavy atom. The molecule has 0 bridgehead atoms. The van der Waals surface area contributed by atoms with Crippen LogP contribution in [0, 0.1) is 5.92 Å². The van der Waals surface area contributed by atoms with Crippen LogP contribution in [0.5, 0.6) is 11.5 Å². The van der Waals surface area contributed by atoms with Gasteiger partial charge in [-0.3, -0.25) is 0 Å². The molecule has 0 atom stereocenters. The molecule has 2 aliphatic rings. The Bertz CT molecular complexity index is 571. The number of hydrogen-bond acceptors (Lipinski definition) is 3. The summed E-state index contributed by atoms with van der Waals surface area (Å²) >= 11 is 0. The van der Waals surface area contributed by atoms with Crippen LogP contribution in [0.2, 0.25) is 0 Å². The molecular weight excluding hydrogens is 252 g/mol. The fourth-order valence-corrected chi connectivity index (χ4v) is 3.36. The van der Waals surface area contributed by atoms with Crippen LogP contribution in [0.3, 0.4) is 0 Å². The summed E-state index contributed by atoms with van der Waals surface area (Å²) in [5.74, 6) is 3.55. The molecule has 0 saturated heterocycles. The van der Waals surface area contributed by atoms with Crippen LogP contribution in [-0.2, 0) is 6.42 Å². The average Bonchev–Trinajstić information content (AvgIpc) is 2.86. The van der Waals surface area contributed by atoms with Gasteiger partial charge in [-0.05, 0) is 5.92 Å². The molecular formula is C16H20N2O2. The number of rotatable bonds is 2. The summed E-state index contributed by atoms with van der Waals surface area (Å²) in [7, 11) is 0. The number of aromatic amines is 1. The molecule has 1 fully saturated rings. The Balaban J connectivity index is 1.61. The van der Waals surface area contributed by atoms with Crippen LogP contribution in [0.4, 0.5) is 0 Å². The molecule has 1 N–H and O–H groups in total. The zero-order chi connectivity index (χ0) is 13.4. The normalized spacial score (nSPS) is 19.4. The number of imidazole rings is 1. The van der Waals surface area contributed by atoms with Gasteiger partial charge >= 0.3 is 0 Å². The van der Waals surface area contributed by atoms with Crippen molar-refractivity contribution in [2.45, 2.75) is 38.5 Å². The zero-order valence-electron chi connectivity index (χ0n) is 11.7. The highest BCUT2D eigenvalue weighted by molar-refractivity contribution is 5.79. The molecule has 4 rings (SSSR count). The molecule has 1 aromatic heterocycles. The van der Waals surface area contributed by atoms with Gasteiger partial charge in [0.2, 0.25) is 0 Å². The monoisotopic (exact) mass is 272 g/mol. The topological polar surface area (TPSA) is 47.1 Å². The second-order valence-corrected chi connectivity index (χ2v) is 5.90. The van der Waals surface area contributed by atoms with Crippen LogP contribution in [-0.4, -0.2) is 23.2 Å². The lowest BCUT2D eigenvalue weighted by Gasteiger charge is -2.20. The molecule has 1 aromatic carbocycles. The lowest BCUT2D eigenvalue weighted by atomic mass is 9.87. The minimum absolute atomic E-state index is 0.623. The number of aromatic nitrogens is 2. The Kier molecular flexibility index (Phi) is 3.02. The van der Waals surface area contributed by atoms with E-state index in [1.165, 1.54) is 32.1 Å². The van der Waals surface area contributed by atoms with Crippen molar-refractivity contribution in [2.24, 2.45) is 5.92 Å². The van der Waals surface area contributed by atoms with Crippen molar-refractivity contribution in [1.29, 1.82) is 0 Å². The highest BCUT2D eigenvalue weighted by Gasteiger charge is 2.18. The first kappa shape index (κ1) is 12.1. The second kappa shape index (κ2) is 5.00. The smallest absolute Gasteiger partial charge is 0.163 e. The van der Waals surface area contributed by atoms with E-state index in [4.69, 9.17) is 14.5 Å². The Hall–Kier alpha value is -1.71. The first-order valence-corrected chi connectivity index (χ1v) is 7.67. The van der Waals surface area contributed by atoms with Gasteiger partial charge < -0.3 is 14.5 Å². The number of nitrogens with zero attached hydrogens (tertiary/aromatic N) is 1. The molecule has 20 heavy (non-hydrogen) atoms. The molecule has 4 nitrogen and oxygen atoms in total. The third kappa shape index (κ3) is 2.23. The van der Waals surface area contributed by atoms with E-state index in [1.807, 2.05) is 12.1 Å². The van der Waals surface area contributed by atoms with Gasteiger partial charge in [0.15, 0.2) is 11.5 Å². The molecule has 0 spiro atoms. The van der Waals surface area contributed by atoms with Crippen molar-refractivity contribution in [1.82, 2.24) is 9.97 Å². The molecule has 2 aromatic rings. The minimum Gasteiger partial charge on any atom is -0.486 e. The van der Waals surface area contributed by atoms with E-state index >= 15 is 0 Å². The van der Waals surface area contributed by atoms with E-state index in [9.17, 15) is 0 Å². The maximum absolute atomic E-state index is 5.62. The molecule has 4 heteroatoms. The average molecular weight is 272 g/mol. The molecule has 0 unspecified atom stereocenters. The van der Waals surface area contributed by atoms with Crippen molar-refractivity contribution in [2.75, 3.05) is 13.2 Å². The molecule has 2 heterocycles. The third-order valence-electron chi connectivity index (χ3n) is 4.40. The van der Waals surface area contributed by atoms with E-state index in [2.05, 4.69) is 4.98 Å². The number of fused-ring (bicyclic) bond motifs is 2. The Labute approximate surface area is 118 Å². The molecule has 1 aliphatic heterocycles. The number of ether oxygens (including phenoxy) is 2. The van der Waals surface area contributed by atoms with Crippen molar-refractivity contribution in [3.05, 3.63) is 18.0 Å².